The number of benzene rings is 1. The van der Waals surface area contributed by atoms with E-state index in [0.717, 1.165) is 23.1 Å². The molecule has 0 aromatic heterocycles. The Labute approximate surface area is 96.3 Å². The predicted octanol–water partition coefficient (Wildman–Crippen LogP) is 3.05. The van der Waals surface area contributed by atoms with Crippen molar-refractivity contribution in [1.82, 2.24) is 0 Å². The van der Waals surface area contributed by atoms with Crippen LogP contribution in [0, 0.1) is 0 Å². The summed E-state index contributed by atoms with van der Waals surface area (Å²) in [6.45, 7) is 1.17. The minimum Gasteiger partial charge on any atom is -0.486 e. The number of alkyl halides is 1. The molecule has 0 saturated carbocycles. The largest absolute Gasteiger partial charge is 0.486 e. The molecule has 1 aromatic carbocycles. The highest BCUT2D eigenvalue weighted by Gasteiger charge is 2.16. The van der Waals surface area contributed by atoms with Crippen LogP contribution in [0.25, 0.3) is 0 Å². The molecule has 2 nitrogen and oxygen atoms in total. The van der Waals surface area contributed by atoms with E-state index < -0.39 is 0 Å². The van der Waals surface area contributed by atoms with Crippen molar-refractivity contribution in [3.05, 3.63) is 22.7 Å². The summed E-state index contributed by atoms with van der Waals surface area (Å²) >= 11 is 9.45. The molecule has 0 bridgehead atoms. The molecule has 0 aliphatic carbocycles. The molecule has 0 N–H and O–H groups in total. The van der Waals surface area contributed by atoms with Gasteiger partial charge in [-0.2, -0.15) is 0 Å². The molecule has 14 heavy (non-hydrogen) atoms. The van der Waals surface area contributed by atoms with Crippen LogP contribution in [0.3, 0.4) is 0 Å². The molecule has 0 spiro atoms. The van der Waals surface area contributed by atoms with Gasteiger partial charge in [-0.3, -0.25) is 0 Å². The van der Waals surface area contributed by atoms with Crippen molar-refractivity contribution in [3.63, 3.8) is 0 Å². The number of rotatable bonds is 2. The minimum absolute atomic E-state index is 0.574. The Bertz CT molecular complexity index is 341. The molecule has 4 heteroatoms. The Morgan fingerprint density at radius 3 is 2.86 bits per heavy atom. The quantitative estimate of drug-likeness (QED) is 0.774. The van der Waals surface area contributed by atoms with Crippen molar-refractivity contribution >= 4 is 27.5 Å². The van der Waals surface area contributed by atoms with E-state index in [1.54, 1.807) is 0 Å². The van der Waals surface area contributed by atoms with E-state index in [-0.39, 0.29) is 0 Å². The molecule has 0 amide bonds. The van der Waals surface area contributed by atoms with E-state index >= 15 is 0 Å². The number of hydrogen-bond acceptors (Lipinski definition) is 2. The number of fused-ring (bicyclic) bond motifs is 1. The summed E-state index contributed by atoms with van der Waals surface area (Å²) in [6.07, 6.45) is 0.941. The highest BCUT2D eigenvalue weighted by atomic mass is 79.9. The molecular weight excluding hydrogens is 267 g/mol. The van der Waals surface area contributed by atoms with Gasteiger partial charge in [0.05, 0.1) is 5.02 Å². The lowest BCUT2D eigenvalue weighted by Gasteiger charge is -2.20. The van der Waals surface area contributed by atoms with Crippen molar-refractivity contribution in [1.29, 1.82) is 0 Å². The zero-order valence-corrected chi connectivity index (χ0v) is 9.90. The van der Waals surface area contributed by atoms with Crippen LogP contribution in [-0.4, -0.2) is 18.5 Å². The first-order valence-electron chi connectivity index (χ1n) is 4.45. The van der Waals surface area contributed by atoms with E-state index in [1.165, 1.54) is 0 Å². The standard InChI is InChI=1S/C10H10BrClO2/c11-2-1-7-5-8(12)10-9(6-7)13-3-4-14-10/h5-6H,1-4H2. The fourth-order valence-corrected chi connectivity index (χ4v) is 2.16. The first-order chi connectivity index (χ1) is 6.81. The van der Waals surface area contributed by atoms with Crippen LogP contribution in [0.2, 0.25) is 5.02 Å². The van der Waals surface area contributed by atoms with Crippen LogP contribution in [0.5, 0.6) is 11.5 Å². The van der Waals surface area contributed by atoms with Crippen molar-refractivity contribution < 1.29 is 9.47 Å². The summed E-state index contributed by atoms with van der Waals surface area (Å²) in [6, 6.07) is 3.91. The number of aryl methyl sites for hydroxylation is 1. The van der Waals surface area contributed by atoms with Gasteiger partial charge in [0.1, 0.15) is 13.2 Å². The predicted molar refractivity (Wildman–Crippen MR) is 59.9 cm³/mol. The second-order valence-corrected chi connectivity index (χ2v) is 4.24. The molecule has 2 rings (SSSR count). The minimum atomic E-state index is 0.574. The maximum absolute atomic E-state index is 6.06. The monoisotopic (exact) mass is 276 g/mol. The summed E-state index contributed by atoms with van der Waals surface area (Å²) in [7, 11) is 0. The lowest BCUT2D eigenvalue weighted by molar-refractivity contribution is 0.171. The van der Waals surface area contributed by atoms with Crippen LogP contribution < -0.4 is 9.47 Å². The van der Waals surface area contributed by atoms with Gasteiger partial charge in [-0.15, -0.1) is 0 Å². The lowest BCUT2D eigenvalue weighted by Crippen LogP contribution is -2.15. The zero-order chi connectivity index (χ0) is 9.97. The third-order valence-electron chi connectivity index (χ3n) is 2.04. The summed E-state index contributed by atoms with van der Waals surface area (Å²) in [4.78, 5) is 0. The molecule has 1 aliphatic rings. The van der Waals surface area contributed by atoms with Gasteiger partial charge < -0.3 is 9.47 Å². The summed E-state index contributed by atoms with van der Waals surface area (Å²) in [5.74, 6) is 1.44. The molecule has 0 saturated heterocycles. The van der Waals surface area contributed by atoms with E-state index in [2.05, 4.69) is 15.9 Å². The Balaban J connectivity index is 2.36. The van der Waals surface area contributed by atoms with Gasteiger partial charge in [0, 0.05) is 5.33 Å². The third kappa shape index (κ3) is 1.98. The van der Waals surface area contributed by atoms with Gasteiger partial charge in [-0.25, -0.2) is 0 Å². The third-order valence-corrected chi connectivity index (χ3v) is 2.72. The van der Waals surface area contributed by atoms with E-state index in [0.29, 0.717) is 24.0 Å². The molecule has 0 atom stereocenters. The topological polar surface area (TPSA) is 18.5 Å². The van der Waals surface area contributed by atoms with Gasteiger partial charge in [-0.05, 0) is 24.1 Å². The van der Waals surface area contributed by atoms with Crippen molar-refractivity contribution in [3.8, 4) is 11.5 Å². The van der Waals surface area contributed by atoms with Crippen LogP contribution in [0.15, 0.2) is 12.1 Å². The molecule has 1 aromatic rings. The normalized spacial score (nSPS) is 14.1. The Hall–Kier alpha value is -0.410. The fourth-order valence-electron chi connectivity index (χ4n) is 1.42. The molecule has 1 aliphatic heterocycles. The molecule has 1 heterocycles. The van der Waals surface area contributed by atoms with Crippen LogP contribution in [-0.2, 0) is 6.42 Å². The van der Waals surface area contributed by atoms with Gasteiger partial charge in [0.25, 0.3) is 0 Å². The summed E-state index contributed by atoms with van der Waals surface area (Å²) in [5, 5.41) is 1.56. The van der Waals surface area contributed by atoms with Crippen molar-refractivity contribution in [2.45, 2.75) is 6.42 Å². The Morgan fingerprint density at radius 2 is 2.07 bits per heavy atom. The van der Waals surface area contributed by atoms with Gasteiger partial charge in [-0.1, -0.05) is 27.5 Å². The maximum atomic E-state index is 6.06. The first-order valence-corrected chi connectivity index (χ1v) is 5.95. The lowest BCUT2D eigenvalue weighted by atomic mass is 10.1. The number of ether oxygens (including phenoxy) is 2. The summed E-state index contributed by atoms with van der Waals surface area (Å²) in [5.41, 5.74) is 1.16. The van der Waals surface area contributed by atoms with Crippen LogP contribution in [0.1, 0.15) is 5.56 Å². The SMILES string of the molecule is Clc1cc(CCBr)cc2c1OCCO2. The smallest absolute Gasteiger partial charge is 0.179 e. The summed E-state index contributed by atoms with van der Waals surface area (Å²) < 4.78 is 10.9. The maximum Gasteiger partial charge on any atom is 0.179 e. The van der Waals surface area contributed by atoms with Crippen molar-refractivity contribution in [2.24, 2.45) is 0 Å². The average Bonchev–Trinajstić information content (AvgIpc) is 2.18. The van der Waals surface area contributed by atoms with E-state index in [9.17, 15) is 0 Å². The zero-order valence-electron chi connectivity index (χ0n) is 7.56. The fraction of sp³-hybridized carbons (Fsp3) is 0.400. The number of halogens is 2. The second-order valence-electron chi connectivity index (χ2n) is 3.04. The molecule has 0 radical (unpaired) electrons. The molecule has 76 valence electrons. The average molecular weight is 278 g/mol. The van der Waals surface area contributed by atoms with E-state index in [1.807, 2.05) is 12.1 Å². The Morgan fingerprint density at radius 1 is 1.29 bits per heavy atom. The molecule has 0 fully saturated rings. The highest BCUT2D eigenvalue weighted by Crippen LogP contribution is 2.38. The van der Waals surface area contributed by atoms with Gasteiger partial charge >= 0.3 is 0 Å². The first kappa shape index (κ1) is 10.1. The van der Waals surface area contributed by atoms with Gasteiger partial charge in [0.15, 0.2) is 11.5 Å². The van der Waals surface area contributed by atoms with Crippen LogP contribution in [0.4, 0.5) is 0 Å². The van der Waals surface area contributed by atoms with Gasteiger partial charge in [0.2, 0.25) is 0 Å². The van der Waals surface area contributed by atoms with Crippen LogP contribution >= 0.6 is 27.5 Å². The molecule has 0 unspecified atom stereocenters. The Kier molecular flexibility index (Phi) is 3.19. The number of hydrogen-bond donors (Lipinski definition) is 0. The van der Waals surface area contributed by atoms with E-state index in [4.69, 9.17) is 21.1 Å². The molecular formula is C10H10BrClO2. The highest BCUT2D eigenvalue weighted by molar-refractivity contribution is 9.09. The van der Waals surface area contributed by atoms with Crippen molar-refractivity contribution in [2.75, 3.05) is 18.5 Å². The second kappa shape index (κ2) is 4.41.